The summed E-state index contributed by atoms with van der Waals surface area (Å²) in [6.45, 7) is 2.16. The van der Waals surface area contributed by atoms with Crippen LogP contribution in [-0.4, -0.2) is 47.7 Å². The summed E-state index contributed by atoms with van der Waals surface area (Å²) in [6, 6.07) is 7.21. The summed E-state index contributed by atoms with van der Waals surface area (Å²) >= 11 is 0. The first-order valence-corrected chi connectivity index (χ1v) is 6.88. The van der Waals surface area contributed by atoms with Gasteiger partial charge in [-0.2, -0.15) is 0 Å². The number of hydrogen-bond acceptors (Lipinski definition) is 4. The fraction of sp³-hybridized carbons (Fsp3) is 0.467. The van der Waals surface area contributed by atoms with Crippen LogP contribution in [0.15, 0.2) is 24.3 Å². The van der Waals surface area contributed by atoms with Crippen molar-refractivity contribution in [3.05, 3.63) is 24.3 Å². The minimum atomic E-state index is -0.865. The van der Waals surface area contributed by atoms with Crippen molar-refractivity contribution in [3.63, 3.8) is 0 Å². The molecule has 0 aliphatic carbocycles. The highest BCUT2D eigenvalue weighted by Crippen LogP contribution is 2.33. The van der Waals surface area contributed by atoms with E-state index in [1.54, 1.807) is 26.1 Å². The molecule has 0 saturated heterocycles. The first-order chi connectivity index (χ1) is 9.99. The van der Waals surface area contributed by atoms with Crippen molar-refractivity contribution in [3.8, 4) is 11.5 Å². The Balaban J connectivity index is 1.98. The van der Waals surface area contributed by atoms with Crippen LogP contribution in [-0.2, 0) is 9.59 Å². The van der Waals surface area contributed by atoms with Gasteiger partial charge in [0.1, 0.15) is 6.10 Å². The number of carboxylic acids is 1. The highest BCUT2D eigenvalue weighted by Gasteiger charge is 2.35. The number of rotatable bonds is 5. The minimum absolute atomic E-state index is 0.0397. The van der Waals surface area contributed by atoms with Crippen LogP contribution in [0, 0.1) is 0 Å². The Morgan fingerprint density at radius 2 is 1.86 bits per heavy atom. The number of ether oxygens (including phenoxy) is 2. The Hall–Kier alpha value is -2.24. The second-order valence-corrected chi connectivity index (χ2v) is 5.07. The number of carbonyl (C=O) groups is 2. The summed E-state index contributed by atoms with van der Waals surface area (Å²) in [5.41, 5.74) is 0. The summed E-state index contributed by atoms with van der Waals surface area (Å²) in [5.74, 6) is 0.105. The van der Waals surface area contributed by atoms with Crippen LogP contribution < -0.4 is 9.47 Å². The highest BCUT2D eigenvalue weighted by molar-refractivity contribution is 5.82. The second-order valence-electron chi connectivity index (χ2n) is 5.07. The third-order valence-electron chi connectivity index (χ3n) is 3.35. The van der Waals surface area contributed by atoms with Crippen molar-refractivity contribution >= 4 is 11.9 Å². The lowest BCUT2D eigenvalue weighted by Gasteiger charge is -2.33. The summed E-state index contributed by atoms with van der Waals surface area (Å²) in [4.78, 5) is 24.3. The molecule has 6 nitrogen and oxygen atoms in total. The van der Waals surface area contributed by atoms with E-state index in [1.807, 2.05) is 12.1 Å². The van der Waals surface area contributed by atoms with E-state index in [0.717, 1.165) is 0 Å². The first kappa shape index (κ1) is 15.2. The van der Waals surface area contributed by atoms with Gasteiger partial charge in [-0.25, -0.2) is 0 Å². The molecule has 1 aliphatic rings. The largest absolute Gasteiger partial charge is 0.482 e. The van der Waals surface area contributed by atoms with Gasteiger partial charge in [0.15, 0.2) is 11.5 Å². The standard InChI is InChI=1S/C15H19NO5/c1-10-14(15(19)16(2)9-5-8-13(17)18)21-12-7-4-3-6-11(12)20-10/h3-4,6-7,10,14H,5,8-9H2,1-2H3,(H,17,18). The molecule has 21 heavy (non-hydrogen) atoms. The van der Waals surface area contributed by atoms with Crippen LogP contribution in [0.5, 0.6) is 11.5 Å². The van der Waals surface area contributed by atoms with E-state index in [4.69, 9.17) is 14.6 Å². The number of aliphatic carboxylic acids is 1. The number of para-hydroxylation sites is 2. The molecule has 2 unspecified atom stereocenters. The average molecular weight is 293 g/mol. The van der Waals surface area contributed by atoms with Gasteiger partial charge in [0.25, 0.3) is 5.91 Å². The van der Waals surface area contributed by atoms with Crippen molar-refractivity contribution < 1.29 is 24.2 Å². The molecule has 0 radical (unpaired) electrons. The highest BCUT2D eigenvalue weighted by atomic mass is 16.6. The molecular formula is C15H19NO5. The molecule has 6 heteroatoms. The van der Waals surface area contributed by atoms with E-state index in [-0.39, 0.29) is 12.3 Å². The van der Waals surface area contributed by atoms with Crippen LogP contribution in [0.2, 0.25) is 0 Å². The fourth-order valence-electron chi connectivity index (χ4n) is 2.19. The Morgan fingerprint density at radius 1 is 1.24 bits per heavy atom. The SMILES string of the molecule is CC1Oc2ccccc2OC1C(=O)N(C)CCCC(=O)O. The van der Waals surface area contributed by atoms with Crippen LogP contribution in [0.3, 0.4) is 0 Å². The predicted molar refractivity (Wildman–Crippen MR) is 75.5 cm³/mol. The quantitative estimate of drug-likeness (QED) is 0.891. The maximum absolute atomic E-state index is 12.4. The second kappa shape index (κ2) is 6.47. The maximum Gasteiger partial charge on any atom is 0.303 e. The molecule has 1 N–H and O–H groups in total. The van der Waals surface area contributed by atoms with Gasteiger partial charge in [-0.3, -0.25) is 9.59 Å². The smallest absolute Gasteiger partial charge is 0.303 e. The molecule has 1 aromatic rings. The molecule has 2 rings (SSSR count). The molecule has 0 aromatic heterocycles. The van der Waals surface area contributed by atoms with E-state index >= 15 is 0 Å². The van der Waals surface area contributed by atoms with Crippen molar-refractivity contribution in [2.24, 2.45) is 0 Å². The van der Waals surface area contributed by atoms with Gasteiger partial charge in [0.05, 0.1) is 0 Å². The predicted octanol–water partition coefficient (Wildman–Crippen LogP) is 1.54. The van der Waals surface area contributed by atoms with Crippen molar-refractivity contribution in [1.82, 2.24) is 4.90 Å². The summed E-state index contributed by atoms with van der Waals surface area (Å²) in [7, 11) is 1.64. The maximum atomic E-state index is 12.4. The fourth-order valence-corrected chi connectivity index (χ4v) is 2.19. The van der Waals surface area contributed by atoms with Crippen LogP contribution >= 0.6 is 0 Å². The minimum Gasteiger partial charge on any atom is -0.482 e. The third-order valence-corrected chi connectivity index (χ3v) is 3.35. The number of fused-ring (bicyclic) bond motifs is 1. The van der Waals surface area contributed by atoms with Gasteiger partial charge in [-0.05, 0) is 25.5 Å². The monoisotopic (exact) mass is 293 g/mol. The number of nitrogens with zero attached hydrogens (tertiary/aromatic N) is 1. The van der Waals surface area contributed by atoms with Gasteiger partial charge < -0.3 is 19.5 Å². The van der Waals surface area contributed by atoms with Crippen LogP contribution in [0.25, 0.3) is 0 Å². The van der Waals surface area contributed by atoms with E-state index in [0.29, 0.717) is 24.5 Å². The van der Waals surface area contributed by atoms with Gasteiger partial charge in [-0.1, -0.05) is 12.1 Å². The molecule has 2 atom stereocenters. The zero-order chi connectivity index (χ0) is 15.4. The van der Waals surface area contributed by atoms with Crippen molar-refractivity contribution in [2.75, 3.05) is 13.6 Å². The number of carboxylic acid groups (broad SMARTS) is 1. The molecule has 0 fully saturated rings. The molecule has 0 saturated carbocycles. The molecule has 1 heterocycles. The zero-order valence-corrected chi connectivity index (χ0v) is 12.1. The lowest BCUT2D eigenvalue weighted by molar-refractivity contribution is -0.144. The topological polar surface area (TPSA) is 76.1 Å². The van der Waals surface area contributed by atoms with E-state index in [2.05, 4.69) is 0 Å². The molecule has 114 valence electrons. The molecule has 1 aliphatic heterocycles. The van der Waals surface area contributed by atoms with Gasteiger partial charge in [0.2, 0.25) is 6.10 Å². The zero-order valence-electron chi connectivity index (χ0n) is 12.1. The summed E-state index contributed by atoms with van der Waals surface area (Å²) in [5, 5.41) is 8.62. The summed E-state index contributed by atoms with van der Waals surface area (Å²) in [6.07, 6.45) is -0.655. The number of carbonyl (C=O) groups excluding carboxylic acids is 1. The van der Waals surface area contributed by atoms with Crippen LogP contribution in [0.4, 0.5) is 0 Å². The number of benzene rings is 1. The Bertz CT molecular complexity index is 531. The normalized spacial score (nSPS) is 19.9. The molecule has 1 amide bonds. The summed E-state index contributed by atoms with van der Waals surface area (Å²) < 4.78 is 11.4. The van der Waals surface area contributed by atoms with Crippen molar-refractivity contribution in [2.45, 2.75) is 32.0 Å². The number of amides is 1. The van der Waals surface area contributed by atoms with Gasteiger partial charge in [0, 0.05) is 20.0 Å². The molecule has 0 bridgehead atoms. The molecule has 0 spiro atoms. The molecule has 1 aromatic carbocycles. The first-order valence-electron chi connectivity index (χ1n) is 6.88. The van der Waals surface area contributed by atoms with Crippen molar-refractivity contribution in [1.29, 1.82) is 0 Å². The number of likely N-dealkylation sites (N-methyl/N-ethyl adjacent to an activating group) is 1. The van der Waals surface area contributed by atoms with E-state index < -0.39 is 18.2 Å². The lowest BCUT2D eigenvalue weighted by atomic mass is 10.1. The lowest BCUT2D eigenvalue weighted by Crippen LogP contribution is -2.49. The Labute approximate surface area is 123 Å². The van der Waals surface area contributed by atoms with E-state index in [1.165, 1.54) is 4.90 Å². The van der Waals surface area contributed by atoms with E-state index in [9.17, 15) is 9.59 Å². The van der Waals surface area contributed by atoms with Crippen LogP contribution in [0.1, 0.15) is 19.8 Å². The average Bonchev–Trinajstić information content (AvgIpc) is 2.45. The van der Waals surface area contributed by atoms with Gasteiger partial charge in [-0.15, -0.1) is 0 Å². The van der Waals surface area contributed by atoms with Gasteiger partial charge >= 0.3 is 5.97 Å². The Morgan fingerprint density at radius 3 is 2.48 bits per heavy atom. The third kappa shape index (κ3) is 3.65. The molecular weight excluding hydrogens is 274 g/mol. The Kier molecular flexibility index (Phi) is 4.67. The number of hydrogen-bond donors (Lipinski definition) is 1.